The fraction of sp³-hybridized carbons (Fsp3) is 0.632. The van der Waals surface area contributed by atoms with Gasteiger partial charge in [0.15, 0.2) is 0 Å². The summed E-state index contributed by atoms with van der Waals surface area (Å²) in [6.45, 7) is 6.86. The second kappa shape index (κ2) is 10.1. The summed E-state index contributed by atoms with van der Waals surface area (Å²) >= 11 is 0. The highest BCUT2D eigenvalue weighted by Gasteiger charge is 1.98. The highest BCUT2D eigenvalue weighted by atomic mass is 14.0. The first-order chi connectivity index (χ1) is 9.22. The second-order valence-corrected chi connectivity index (χ2v) is 6.08. The van der Waals surface area contributed by atoms with Gasteiger partial charge >= 0.3 is 0 Å². The number of hydrogen-bond acceptors (Lipinski definition) is 0. The predicted octanol–water partition coefficient (Wildman–Crippen LogP) is 6.19. The first-order valence-corrected chi connectivity index (χ1v) is 8.14. The van der Waals surface area contributed by atoms with Gasteiger partial charge in [0.1, 0.15) is 0 Å². The Kier molecular flexibility index (Phi) is 8.62. The molecule has 0 saturated heterocycles. The zero-order chi connectivity index (χ0) is 13.9. The van der Waals surface area contributed by atoms with E-state index >= 15 is 0 Å². The Morgan fingerprint density at radius 3 is 2.26 bits per heavy atom. The van der Waals surface area contributed by atoms with Crippen LogP contribution in [0.1, 0.15) is 76.8 Å². The van der Waals surface area contributed by atoms with Crippen LogP contribution < -0.4 is 0 Å². The Morgan fingerprint density at radius 1 is 0.947 bits per heavy atom. The van der Waals surface area contributed by atoms with Crippen molar-refractivity contribution in [2.45, 2.75) is 72.1 Å². The fourth-order valence-corrected chi connectivity index (χ4v) is 2.29. The maximum atomic E-state index is 2.39. The Labute approximate surface area is 120 Å². The highest BCUT2D eigenvalue weighted by Crippen LogP contribution is 2.14. The van der Waals surface area contributed by atoms with Gasteiger partial charge in [-0.3, -0.25) is 0 Å². The third-order valence-corrected chi connectivity index (χ3v) is 3.68. The van der Waals surface area contributed by atoms with Crippen LogP contribution in [0.3, 0.4) is 0 Å². The van der Waals surface area contributed by atoms with Crippen LogP contribution in [0.15, 0.2) is 24.3 Å². The summed E-state index contributed by atoms with van der Waals surface area (Å²) in [6, 6.07) is 9.15. The van der Waals surface area contributed by atoms with Crippen molar-refractivity contribution in [2.24, 2.45) is 5.92 Å². The van der Waals surface area contributed by atoms with Crippen molar-refractivity contribution in [2.75, 3.05) is 0 Å². The van der Waals surface area contributed by atoms with E-state index < -0.39 is 0 Å². The van der Waals surface area contributed by atoms with Crippen LogP contribution in [0.4, 0.5) is 0 Å². The van der Waals surface area contributed by atoms with Crippen molar-refractivity contribution in [1.82, 2.24) is 0 Å². The number of benzene rings is 1. The van der Waals surface area contributed by atoms with Gasteiger partial charge < -0.3 is 0 Å². The largest absolute Gasteiger partial charge is 0.0654 e. The maximum absolute atomic E-state index is 2.39. The molecule has 0 unspecified atom stereocenters. The van der Waals surface area contributed by atoms with Crippen LogP contribution in [0.5, 0.6) is 0 Å². The minimum absolute atomic E-state index is 0.800. The van der Waals surface area contributed by atoms with Gasteiger partial charge in [-0.1, -0.05) is 77.1 Å². The highest BCUT2D eigenvalue weighted by molar-refractivity contribution is 5.27. The molecule has 0 fully saturated rings. The molecule has 0 heteroatoms. The molecule has 0 aliphatic carbocycles. The third-order valence-electron chi connectivity index (χ3n) is 3.68. The molecular weight excluding hydrogens is 228 g/mol. The van der Waals surface area contributed by atoms with Crippen molar-refractivity contribution in [3.05, 3.63) is 41.8 Å². The van der Waals surface area contributed by atoms with Gasteiger partial charge in [0.2, 0.25) is 0 Å². The topological polar surface area (TPSA) is 0 Å². The van der Waals surface area contributed by atoms with Gasteiger partial charge in [-0.15, -0.1) is 0 Å². The molecule has 1 aromatic carbocycles. The monoisotopic (exact) mass is 259 g/mol. The maximum Gasteiger partial charge on any atom is -0.00931 e. The molecule has 19 heavy (non-hydrogen) atoms. The Hall–Kier alpha value is -0.780. The molecule has 0 spiro atoms. The van der Waals surface area contributed by atoms with E-state index in [9.17, 15) is 0 Å². The molecule has 1 rings (SSSR count). The molecule has 0 N–H and O–H groups in total. The molecule has 0 bridgehead atoms. The van der Waals surface area contributed by atoms with E-state index in [1.54, 1.807) is 0 Å². The first kappa shape index (κ1) is 16.3. The van der Waals surface area contributed by atoms with E-state index in [1.165, 1.54) is 62.5 Å². The molecule has 0 amide bonds. The van der Waals surface area contributed by atoms with E-state index in [-0.39, 0.29) is 0 Å². The number of hydrogen-bond donors (Lipinski definition) is 0. The third kappa shape index (κ3) is 8.08. The van der Waals surface area contributed by atoms with Gasteiger partial charge in [0.25, 0.3) is 0 Å². The summed E-state index contributed by atoms with van der Waals surface area (Å²) in [5.74, 6) is 0.800. The van der Waals surface area contributed by atoms with Crippen molar-refractivity contribution in [1.29, 1.82) is 0 Å². The molecule has 0 saturated carbocycles. The normalized spacial score (nSPS) is 11.2. The molecule has 0 aliphatic heterocycles. The van der Waals surface area contributed by atoms with Gasteiger partial charge in [-0.05, 0) is 42.7 Å². The number of rotatable bonds is 10. The van der Waals surface area contributed by atoms with Crippen molar-refractivity contribution < 1.29 is 0 Å². The fourth-order valence-electron chi connectivity index (χ4n) is 2.29. The van der Waals surface area contributed by atoms with Crippen LogP contribution in [-0.2, 0) is 6.42 Å². The molecule has 0 nitrogen and oxygen atoms in total. The quantitative estimate of drug-likeness (QED) is 0.440. The molecule has 1 aromatic rings. The molecule has 107 valence electrons. The molecule has 0 heterocycles. The van der Waals surface area contributed by atoms with Gasteiger partial charge in [0, 0.05) is 0 Å². The summed E-state index contributed by atoms with van der Waals surface area (Å²) in [4.78, 5) is 0. The summed E-state index contributed by atoms with van der Waals surface area (Å²) in [6.07, 6.45) is 13.0. The van der Waals surface area contributed by atoms with E-state index in [4.69, 9.17) is 0 Å². The number of aryl methyl sites for hydroxylation is 1. The lowest BCUT2D eigenvalue weighted by Crippen LogP contribution is -1.92. The lowest BCUT2D eigenvalue weighted by molar-refractivity contribution is 0.586. The van der Waals surface area contributed by atoms with Gasteiger partial charge in [-0.25, -0.2) is 0 Å². The number of unbranched alkanes of at least 4 members (excludes halogenated alkanes) is 5. The molecule has 0 aliphatic rings. The Balaban J connectivity index is 2.17. The second-order valence-electron chi connectivity index (χ2n) is 6.08. The zero-order valence-electron chi connectivity index (χ0n) is 13.1. The minimum atomic E-state index is 0.800. The van der Waals surface area contributed by atoms with Gasteiger partial charge in [-0.2, -0.15) is 0 Å². The summed E-state index contributed by atoms with van der Waals surface area (Å²) in [7, 11) is 0. The van der Waals surface area contributed by atoms with E-state index in [0.29, 0.717) is 0 Å². The van der Waals surface area contributed by atoms with Crippen molar-refractivity contribution in [3.63, 3.8) is 0 Å². The smallest absolute Gasteiger partial charge is 0.00931 e. The van der Waals surface area contributed by atoms with E-state index in [0.717, 1.165) is 5.92 Å². The van der Waals surface area contributed by atoms with Crippen LogP contribution in [0.2, 0.25) is 0 Å². The average molecular weight is 259 g/mol. The Bertz CT molecular complexity index is 307. The van der Waals surface area contributed by atoms with Crippen LogP contribution >= 0.6 is 0 Å². The van der Waals surface area contributed by atoms with Crippen LogP contribution in [-0.4, -0.2) is 0 Å². The molecule has 0 aromatic heterocycles. The van der Waals surface area contributed by atoms with Crippen LogP contribution in [0, 0.1) is 12.3 Å². The average Bonchev–Trinajstić information content (AvgIpc) is 2.41. The lowest BCUT2D eigenvalue weighted by atomic mass is 10.00. The standard InChI is InChI=1S/C19H31/c1-4-5-6-7-8-9-10-18-13-15-19(16-14-18)12-11-17(2)3/h10,13-17H,4-9,11-12H2,1-3H3. The SMILES string of the molecule is CCCCCCC[CH]c1ccc(CCC(C)C)cc1. The van der Waals surface area contributed by atoms with Crippen molar-refractivity contribution in [3.8, 4) is 0 Å². The van der Waals surface area contributed by atoms with Gasteiger partial charge in [0.05, 0.1) is 0 Å². The summed E-state index contributed by atoms with van der Waals surface area (Å²) in [5, 5.41) is 0. The summed E-state index contributed by atoms with van der Waals surface area (Å²) in [5.41, 5.74) is 2.87. The molecular formula is C19H31. The molecule has 1 radical (unpaired) electrons. The first-order valence-electron chi connectivity index (χ1n) is 8.14. The van der Waals surface area contributed by atoms with Crippen LogP contribution in [0.25, 0.3) is 0 Å². The zero-order valence-corrected chi connectivity index (χ0v) is 13.1. The molecule has 0 atom stereocenters. The minimum Gasteiger partial charge on any atom is -0.0654 e. The van der Waals surface area contributed by atoms with E-state index in [2.05, 4.69) is 51.5 Å². The summed E-state index contributed by atoms with van der Waals surface area (Å²) < 4.78 is 0. The van der Waals surface area contributed by atoms with E-state index in [1.807, 2.05) is 0 Å². The lowest BCUT2D eigenvalue weighted by Gasteiger charge is -2.06. The Morgan fingerprint density at radius 2 is 1.63 bits per heavy atom. The predicted molar refractivity (Wildman–Crippen MR) is 86.4 cm³/mol. The van der Waals surface area contributed by atoms with Crippen molar-refractivity contribution >= 4 is 0 Å².